The van der Waals surface area contributed by atoms with E-state index in [4.69, 9.17) is 0 Å². The summed E-state index contributed by atoms with van der Waals surface area (Å²) in [6.07, 6.45) is 9.03. The monoisotopic (exact) mass is 559 g/mol. The minimum absolute atomic E-state index is 0.195. The maximum absolute atomic E-state index is 12.5. The quantitative estimate of drug-likeness (QED) is 0.166. The molecule has 0 aliphatic rings. The average Bonchev–Trinajstić information content (AvgIpc) is 3.34. The van der Waals surface area contributed by atoms with Gasteiger partial charge in [-0.05, 0) is 39.9 Å². The van der Waals surface area contributed by atoms with Crippen LogP contribution in [0.3, 0.4) is 0 Å². The van der Waals surface area contributed by atoms with Crippen molar-refractivity contribution in [2.45, 2.75) is 39.2 Å². The lowest BCUT2D eigenvalue weighted by molar-refractivity contribution is -0.135. The fourth-order valence-corrected chi connectivity index (χ4v) is 3.91. The van der Waals surface area contributed by atoms with Crippen LogP contribution in [0.15, 0.2) is 42.7 Å². The van der Waals surface area contributed by atoms with Crippen molar-refractivity contribution in [2.75, 3.05) is 51.4 Å². The van der Waals surface area contributed by atoms with Crippen molar-refractivity contribution >= 4 is 40.2 Å². The summed E-state index contributed by atoms with van der Waals surface area (Å²) in [7, 11) is 7.38. The van der Waals surface area contributed by atoms with Crippen LogP contribution in [0.4, 0.5) is 17.5 Å². The summed E-state index contributed by atoms with van der Waals surface area (Å²) in [5, 5.41) is 14.9. The number of carbonyl (C=O) groups excluding carboxylic acids is 2. The van der Waals surface area contributed by atoms with Crippen LogP contribution in [0, 0.1) is 11.8 Å². The largest absolute Gasteiger partial charge is 0.369 e. The molecule has 3 aromatic rings. The van der Waals surface area contributed by atoms with Gasteiger partial charge in [0, 0.05) is 51.6 Å². The van der Waals surface area contributed by atoms with Crippen LogP contribution in [0.2, 0.25) is 0 Å². The number of unbranched alkanes of at least 4 members (excludes halogenated alkanes) is 1. The second-order valence-electron chi connectivity index (χ2n) is 10.0. The molecule has 0 radical (unpaired) electrons. The number of hydrogen-bond donors (Lipinski definition) is 3. The Hall–Kier alpha value is -4.43. The standard InChI is InChI=1S/C30H41N9O2/c1-7-17-31-28-24(20-33-30(36-28)35-25-15-11-14-23-21-34-39(6)27(23)25)13-9-8-10-18-32-29(41)22(2)38(5)26(40)16-12-19-37(3)4/h11-12,14-16,20-22H,7-8,10,17-19H2,1-6H3,(H,32,41)(H2,31,33,35,36)/b16-12+/t22-/m0/s1. The summed E-state index contributed by atoms with van der Waals surface area (Å²) in [6, 6.07) is 5.38. The molecule has 41 heavy (non-hydrogen) atoms. The molecule has 218 valence electrons. The van der Waals surface area contributed by atoms with Gasteiger partial charge in [0.2, 0.25) is 17.8 Å². The summed E-state index contributed by atoms with van der Waals surface area (Å²) in [6.45, 7) is 5.69. The Morgan fingerprint density at radius 2 is 1.98 bits per heavy atom. The summed E-state index contributed by atoms with van der Waals surface area (Å²) < 4.78 is 1.82. The highest BCUT2D eigenvalue weighted by Gasteiger charge is 2.20. The van der Waals surface area contributed by atoms with Crippen molar-refractivity contribution in [1.82, 2.24) is 34.9 Å². The lowest BCUT2D eigenvalue weighted by Gasteiger charge is -2.23. The Kier molecular flexibility index (Phi) is 11.7. The molecule has 0 fully saturated rings. The average molecular weight is 560 g/mol. The lowest BCUT2D eigenvalue weighted by Crippen LogP contribution is -2.45. The second-order valence-corrected chi connectivity index (χ2v) is 10.0. The van der Waals surface area contributed by atoms with Gasteiger partial charge >= 0.3 is 0 Å². The number of nitrogens with zero attached hydrogens (tertiary/aromatic N) is 6. The molecular formula is C30H41N9O2. The van der Waals surface area contributed by atoms with E-state index in [1.807, 2.05) is 55.1 Å². The molecule has 0 aliphatic carbocycles. The number of aromatic nitrogens is 4. The maximum Gasteiger partial charge on any atom is 0.246 e. The third kappa shape index (κ3) is 9.05. The molecule has 3 rings (SSSR count). The number of amides is 2. The first-order valence-corrected chi connectivity index (χ1v) is 13.8. The van der Waals surface area contributed by atoms with Gasteiger partial charge in [0.15, 0.2) is 0 Å². The number of likely N-dealkylation sites (N-methyl/N-ethyl adjacent to an activating group) is 2. The lowest BCUT2D eigenvalue weighted by atomic mass is 10.2. The molecule has 11 heteroatoms. The first-order valence-electron chi connectivity index (χ1n) is 13.8. The molecule has 0 unspecified atom stereocenters. The van der Waals surface area contributed by atoms with Crippen molar-refractivity contribution in [3.8, 4) is 11.8 Å². The van der Waals surface area contributed by atoms with E-state index in [1.54, 1.807) is 26.2 Å². The second kappa shape index (κ2) is 15.4. The third-order valence-corrected chi connectivity index (χ3v) is 6.38. The summed E-state index contributed by atoms with van der Waals surface area (Å²) in [5.74, 6) is 7.06. The van der Waals surface area contributed by atoms with Crippen molar-refractivity contribution in [2.24, 2.45) is 7.05 Å². The molecule has 1 atom stereocenters. The van der Waals surface area contributed by atoms with Gasteiger partial charge in [-0.15, -0.1) is 0 Å². The Balaban J connectivity index is 1.54. The summed E-state index contributed by atoms with van der Waals surface area (Å²) in [4.78, 5) is 37.3. The number of hydrogen-bond acceptors (Lipinski definition) is 8. The van der Waals surface area contributed by atoms with Gasteiger partial charge < -0.3 is 25.8 Å². The molecule has 1 aromatic carbocycles. The predicted molar refractivity (Wildman–Crippen MR) is 164 cm³/mol. The van der Waals surface area contributed by atoms with Crippen molar-refractivity contribution in [3.05, 3.63) is 48.3 Å². The van der Waals surface area contributed by atoms with Gasteiger partial charge in [-0.25, -0.2) is 4.98 Å². The zero-order chi connectivity index (χ0) is 29.8. The minimum atomic E-state index is -0.570. The Bertz CT molecular complexity index is 1420. The van der Waals surface area contributed by atoms with E-state index in [2.05, 4.69) is 49.8 Å². The number of carbonyl (C=O) groups is 2. The topological polar surface area (TPSA) is 120 Å². The zero-order valence-electron chi connectivity index (χ0n) is 24.9. The summed E-state index contributed by atoms with van der Waals surface area (Å²) >= 11 is 0. The molecule has 0 aliphatic heterocycles. The molecule has 2 aromatic heterocycles. The number of fused-ring (bicyclic) bond motifs is 1. The molecular weight excluding hydrogens is 518 g/mol. The fourth-order valence-electron chi connectivity index (χ4n) is 3.91. The van der Waals surface area contributed by atoms with Crippen LogP contribution in [-0.4, -0.2) is 88.2 Å². The first kappa shape index (κ1) is 31.1. The van der Waals surface area contributed by atoms with E-state index in [1.165, 1.54) is 11.0 Å². The van der Waals surface area contributed by atoms with Crippen LogP contribution in [-0.2, 0) is 16.6 Å². The van der Waals surface area contributed by atoms with Crippen molar-refractivity contribution in [1.29, 1.82) is 0 Å². The molecule has 2 heterocycles. The minimum Gasteiger partial charge on any atom is -0.369 e. The molecule has 2 amide bonds. The molecule has 11 nitrogen and oxygen atoms in total. The van der Waals surface area contributed by atoms with Crippen LogP contribution in [0.1, 0.15) is 38.7 Å². The third-order valence-electron chi connectivity index (χ3n) is 6.38. The van der Waals surface area contributed by atoms with Gasteiger partial charge in [-0.1, -0.05) is 37.0 Å². The Morgan fingerprint density at radius 3 is 2.73 bits per heavy atom. The Morgan fingerprint density at radius 1 is 1.17 bits per heavy atom. The van der Waals surface area contributed by atoms with E-state index in [-0.39, 0.29) is 11.8 Å². The van der Waals surface area contributed by atoms with Crippen LogP contribution >= 0.6 is 0 Å². The zero-order valence-corrected chi connectivity index (χ0v) is 24.9. The van der Waals surface area contributed by atoms with E-state index in [0.717, 1.165) is 29.6 Å². The van der Waals surface area contributed by atoms with Crippen molar-refractivity contribution < 1.29 is 9.59 Å². The van der Waals surface area contributed by atoms with Gasteiger partial charge in [0.1, 0.15) is 11.9 Å². The number of benzene rings is 1. The van der Waals surface area contributed by atoms with Gasteiger partial charge in [-0.3, -0.25) is 14.3 Å². The van der Waals surface area contributed by atoms with Crippen LogP contribution in [0.25, 0.3) is 10.9 Å². The first-order chi connectivity index (χ1) is 19.7. The number of para-hydroxylation sites is 1. The highest BCUT2D eigenvalue weighted by atomic mass is 16.2. The number of aryl methyl sites for hydroxylation is 1. The Labute approximate surface area is 242 Å². The highest BCUT2D eigenvalue weighted by Crippen LogP contribution is 2.25. The smallest absolute Gasteiger partial charge is 0.246 e. The van der Waals surface area contributed by atoms with E-state index >= 15 is 0 Å². The normalized spacial score (nSPS) is 11.8. The molecule has 0 spiro atoms. The molecule has 0 saturated carbocycles. The predicted octanol–water partition coefficient (Wildman–Crippen LogP) is 3.14. The fraction of sp³-hybridized carbons (Fsp3) is 0.433. The van der Waals surface area contributed by atoms with Crippen LogP contribution < -0.4 is 16.0 Å². The molecule has 0 bridgehead atoms. The van der Waals surface area contributed by atoms with Crippen LogP contribution in [0.5, 0.6) is 0 Å². The number of anilines is 3. The van der Waals surface area contributed by atoms with Gasteiger partial charge in [0.05, 0.1) is 29.2 Å². The number of rotatable bonds is 13. The van der Waals surface area contributed by atoms with Crippen molar-refractivity contribution in [3.63, 3.8) is 0 Å². The highest BCUT2D eigenvalue weighted by molar-refractivity contribution is 5.93. The number of nitrogens with one attached hydrogen (secondary N) is 3. The van der Waals surface area contributed by atoms with E-state index in [0.29, 0.717) is 43.3 Å². The molecule has 0 saturated heterocycles. The van der Waals surface area contributed by atoms with Gasteiger partial charge in [-0.2, -0.15) is 10.1 Å². The molecule has 3 N–H and O–H groups in total. The summed E-state index contributed by atoms with van der Waals surface area (Å²) in [5.41, 5.74) is 2.55. The van der Waals surface area contributed by atoms with E-state index < -0.39 is 6.04 Å². The maximum atomic E-state index is 12.5. The van der Waals surface area contributed by atoms with Gasteiger partial charge in [0.25, 0.3) is 0 Å². The van der Waals surface area contributed by atoms with E-state index in [9.17, 15) is 9.59 Å². The SMILES string of the molecule is CCCNc1nc(Nc2cccc3cnn(C)c23)ncc1C#CCCCNC(=O)[C@H](C)N(C)C(=O)/C=C/CN(C)C.